The van der Waals surface area contributed by atoms with Gasteiger partial charge in [-0.25, -0.2) is 4.79 Å². The van der Waals surface area contributed by atoms with Gasteiger partial charge in [0.2, 0.25) is 11.8 Å². The second-order valence-corrected chi connectivity index (χ2v) is 10.5. The number of hydrogen-bond acceptors (Lipinski definition) is 7. The molecular formula is C26H42BN3O7. The van der Waals surface area contributed by atoms with E-state index in [-0.39, 0.29) is 37.2 Å². The van der Waals surface area contributed by atoms with Gasteiger partial charge in [-0.05, 0) is 42.6 Å². The molecule has 37 heavy (non-hydrogen) atoms. The standard InChI is InChI=1S/C26H42BN3O7/c1-16(2)12-20(23(31)27(35)36)28-24(32)21(13-17(3)4)29-25(33)22(14-18(5)6)30-26(34)37-15-19-10-8-7-9-11-19/h7-11,16-18,20-22,35-36H,12-15H2,1-6H3,(H,28,32)(H,29,33)(H,30,34)/t20-,21+,22-/m0/s1. The van der Waals surface area contributed by atoms with Crippen molar-refractivity contribution in [1.82, 2.24) is 16.0 Å². The highest BCUT2D eigenvalue weighted by Gasteiger charge is 2.34. The molecule has 0 saturated carbocycles. The summed E-state index contributed by atoms with van der Waals surface area (Å²) in [4.78, 5) is 50.9. The summed E-state index contributed by atoms with van der Waals surface area (Å²) < 4.78 is 5.25. The van der Waals surface area contributed by atoms with Crippen LogP contribution in [0.4, 0.5) is 4.79 Å². The van der Waals surface area contributed by atoms with Gasteiger partial charge in [-0.3, -0.25) is 9.59 Å². The number of benzene rings is 1. The lowest BCUT2D eigenvalue weighted by atomic mass is 9.77. The monoisotopic (exact) mass is 519 g/mol. The Hall–Kier alpha value is -2.92. The van der Waals surface area contributed by atoms with Crippen molar-refractivity contribution in [2.75, 3.05) is 0 Å². The number of hydrogen-bond donors (Lipinski definition) is 5. The topological polar surface area (TPSA) is 154 Å². The molecule has 0 aliphatic carbocycles. The van der Waals surface area contributed by atoms with Crippen molar-refractivity contribution in [3.63, 3.8) is 0 Å². The number of nitrogens with one attached hydrogen (secondary N) is 3. The Morgan fingerprint density at radius 2 is 1.16 bits per heavy atom. The van der Waals surface area contributed by atoms with Crippen LogP contribution >= 0.6 is 0 Å². The number of rotatable bonds is 15. The predicted molar refractivity (Wildman–Crippen MR) is 141 cm³/mol. The summed E-state index contributed by atoms with van der Waals surface area (Å²) in [6, 6.07) is 6.07. The first-order chi connectivity index (χ1) is 17.3. The quantitative estimate of drug-likeness (QED) is 0.222. The molecule has 1 rings (SSSR count). The zero-order chi connectivity index (χ0) is 28.1. The van der Waals surface area contributed by atoms with E-state index in [1.165, 1.54) is 0 Å². The second-order valence-electron chi connectivity index (χ2n) is 10.5. The van der Waals surface area contributed by atoms with Gasteiger partial charge in [0.15, 0.2) is 5.68 Å². The summed E-state index contributed by atoms with van der Waals surface area (Å²) in [5.74, 6) is -1.10. The first-order valence-corrected chi connectivity index (χ1v) is 12.8. The average Bonchev–Trinajstić information content (AvgIpc) is 2.80. The Balaban J connectivity index is 2.95. The van der Waals surface area contributed by atoms with Crippen LogP contribution in [0.5, 0.6) is 0 Å². The van der Waals surface area contributed by atoms with Gasteiger partial charge in [0, 0.05) is 0 Å². The lowest BCUT2D eigenvalue weighted by molar-refractivity contribution is -0.132. The minimum atomic E-state index is -2.22. The maximum atomic E-state index is 13.2. The molecule has 3 atom stereocenters. The van der Waals surface area contributed by atoms with Crippen molar-refractivity contribution in [3.8, 4) is 0 Å². The van der Waals surface area contributed by atoms with Crippen molar-refractivity contribution in [2.45, 2.75) is 85.5 Å². The molecule has 1 aromatic carbocycles. The van der Waals surface area contributed by atoms with Crippen LogP contribution in [0.2, 0.25) is 0 Å². The smallest absolute Gasteiger partial charge is 0.445 e. The molecule has 0 bridgehead atoms. The lowest BCUT2D eigenvalue weighted by Crippen LogP contribution is -2.57. The fourth-order valence-corrected chi connectivity index (χ4v) is 3.76. The second kappa shape index (κ2) is 16.0. The summed E-state index contributed by atoms with van der Waals surface area (Å²) in [5, 5.41) is 26.5. The van der Waals surface area contributed by atoms with Gasteiger partial charge in [0.1, 0.15) is 18.7 Å². The van der Waals surface area contributed by atoms with Crippen LogP contribution in [0, 0.1) is 17.8 Å². The van der Waals surface area contributed by atoms with Crippen molar-refractivity contribution in [2.24, 2.45) is 17.8 Å². The largest absolute Gasteiger partial charge is 0.529 e. The molecule has 3 amide bonds. The Morgan fingerprint density at radius 1 is 0.730 bits per heavy atom. The normalized spacial score (nSPS) is 13.6. The molecule has 11 heteroatoms. The van der Waals surface area contributed by atoms with E-state index in [0.29, 0.717) is 6.42 Å². The van der Waals surface area contributed by atoms with Crippen LogP contribution in [-0.2, 0) is 25.7 Å². The maximum Gasteiger partial charge on any atom is 0.529 e. The van der Waals surface area contributed by atoms with Gasteiger partial charge in [0.25, 0.3) is 0 Å². The minimum absolute atomic E-state index is 0.00680. The van der Waals surface area contributed by atoms with E-state index < -0.39 is 48.8 Å². The van der Waals surface area contributed by atoms with Crippen molar-refractivity contribution in [3.05, 3.63) is 35.9 Å². The molecule has 0 aliphatic rings. The van der Waals surface area contributed by atoms with E-state index in [9.17, 15) is 29.2 Å². The number of carbonyl (C=O) groups excluding carboxylic acids is 4. The fourth-order valence-electron chi connectivity index (χ4n) is 3.76. The molecular weight excluding hydrogens is 477 g/mol. The number of ether oxygens (including phenoxy) is 1. The Labute approximate surface area is 220 Å². The van der Waals surface area contributed by atoms with E-state index in [1.54, 1.807) is 0 Å². The number of carbonyl (C=O) groups is 4. The highest BCUT2D eigenvalue weighted by Crippen LogP contribution is 2.12. The van der Waals surface area contributed by atoms with E-state index in [2.05, 4.69) is 16.0 Å². The molecule has 0 aliphatic heterocycles. The van der Waals surface area contributed by atoms with Crippen LogP contribution in [-0.4, -0.2) is 58.9 Å². The first-order valence-electron chi connectivity index (χ1n) is 12.8. The van der Waals surface area contributed by atoms with E-state index in [4.69, 9.17) is 4.74 Å². The third-order valence-corrected chi connectivity index (χ3v) is 5.49. The van der Waals surface area contributed by atoms with Gasteiger partial charge in [-0.1, -0.05) is 71.9 Å². The van der Waals surface area contributed by atoms with Crippen LogP contribution < -0.4 is 16.0 Å². The third-order valence-electron chi connectivity index (χ3n) is 5.49. The van der Waals surface area contributed by atoms with E-state index in [1.807, 2.05) is 71.9 Å². The summed E-state index contributed by atoms with van der Waals surface area (Å²) in [5.41, 5.74) is -0.119. The number of alkyl carbamates (subject to hydrolysis) is 1. The summed E-state index contributed by atoms with van der Waals surface area (Å²) in [6.07, 6.45) is 0.0336. The molecule has 1 aromatic rings. The lowest BCUT2D eigenvalue weighted by Gasteiger charge is -2.27. The molecule has 0 radical (unpaired) electrons. The first kappa shape index (κ1) is 32.1. The third kappa shape index (κ3) is 12.7. The van der Waals surface area contributed by atoms with Crippen molar-refractivity contribution >= 4 is 30.7 Å². The molecule has 0 spiro atoms. The fraction of sp³-hybridized carbons (Fsp3) is 0.615. The molecule has 10 nitrogen and oxygen atoms in total. The van der Waals surface area contributed by atoms with E-state index in [0.717, 1.165) is 5.56 Å². The molecule has 0 unspecified atom stereocenters. The van der Waals surface area contributed by atoms with Crippen LogP contribution in [0.1, 0.15) is 66.4 Å². The van der Waals surface area contributed by atoms with Crippen LogP contribution in [0.15, 0.2) is 30.3 Å². The average molecular weight is 519 g/mol. The zero-order valence-electron chi connectivity index (χ0n) is 22.7. The van der Waals surface area contributed by atoms with Crippen LogP contribution in [0.3, 0.4) is 0 Å². The number of amides is 3. The maximum absolute atomic E-state index is 13.2. The SMILES string of the molecule is CC(C)C[C@H](NC(=O)OCc1ccccc1)C(=O)N[C@H](CC(C)C)C(=O)N[C@@H](CC(C)C)C(=O)B(O)O. The van der Waals surface area contributed by atoms with Gasteiger partial charge < -0.3 is 35.5 Å². The van der Waals surface area contributed by atoms with Gasteiger partial charge in [-0.15, -0.1) is 0 Å². The summed E-state index contributed by atoms with van der Waals surface area (Å²) in [6.45, 7) is 11.3. The molecule has 0 heterocycles. The van der Waals surface area contributed by atoms with Crippen LogP contribution in [0.25, 0.3) is 0 Å². The summed E-state index contributed by atoms with van der Waals surface area (Å²) >= 11 is 0. The summed E-state index contributed by atoms with van der Waals surface area (Å²) in [7, 11) is -2.22. The zero-order valence-corrected chi connectivity index (χ0v) is 22.7. The Kier molecular flexibility index (Phi) is 13.9. The van der Waals surface area contributed by atoms with Crippen molar-refractivity contribution in [1.29, 1.82) is 0 Å². The predicted octanol–water partition coefficient (Wildman–Crippen LogP) is 1.97. The molecule has 0 saturated heterocycles. The molecule has 206 valence electrons. The molecule has 0 fully saturated rings. The van der Waals surface area contributed by atoms with E-state index >= 15 is 0 Å². The minimum Gasteiger partial charge on any atom is -0.445 e. The van der Waals surface area contributed by atoms with Gasteiger partial charge >= 0.3 is 13.2 Å². The molecule has 0 aromatic heterocycles. The Morgan fingerprint density at radius 3 is 1.62 bits per heavy atom. The highest BCUT2D eigenvalue weighted by molar-refractivity contribution is 6.79. The Bertz CT molecular complexity index is 878. The molecule has 5 N–H and O–H groups in total. The van der Waals surface area contributed by atoms with Crippen molar-refractivity contribution < 1.29 is 34.0 Å². The van der Waals surface area contributed by atoms with Gasteiger partial charge in [0.05, 0.1) is 6.04 Å². The van der Waals surface area contributed by atoms with Gasteiger partial charge in [-0.2, -0.15) is 0 Å². The highest BCUT2D eigenvalue weighted by atomic mass is 16.5.